The molecule has 108 valence electrons. The van der Waals surface area contributed by atoms with Gasteiger partial charge in [0.05, 0.1) is 17.7 Å². The van der Waals surface area contributed by atoms with Crippen molar-refractivity contribution in [3.63, 3.8) is 0 Å². The van der Waals surface area contributed by atoms with Crippen molar-refractivity contribution in [2.45, 2.75) is 26.6 Å². The Morgan fingerprint density at radius 2 is 2.05 bits per heavy atom. The molecule has 2 rings (SSSR count). The Morgan fingerprint density at radius 3 is 2.62 bits per heavy atom. The minimum absolute atomic E-state index is 0.142. The maximum absolute atomic E-state index is 13.9. The van der Waals surface area contributed by atoms with E-state index in [9.17, 15) is 9.50 Å². The number of rotatable bonds is 4. The Labute approximate surface area is 123 Å². The monoisotopic (exact) mass is 285 g/mol. The van der Waals surface area contributed by atoms with Crippen molar-refractivity contribution in [1.82, 2.24) is 0 Å². The molecule has 1 atom stereocenters. The second-order valence-electron chi connectivity index (χ2n) is 4.91. The fourth-order valence-corrected chi connectivity index (χ4v) is 1.98. The fourth-order valence-electron chi connectivity index (χ4n) is 1.98. The number of aliphatic hydroxyl groups excluding tert-OH is 1. The first-order valence-corrected chi connectivity index (χ1v) is 6.61. The third-order valence-electron chi connectivity index (χ3n) is 3.29. The van der Waals surface area contributed by atoms with E-state index in [1.165, 1.54) is 12.1 Å². The van der Waals surface area contributed by atoms with Crippen LogP contribution < -0.4 is 4.74 Å². The van der Waals surface area contributed by atoms with Gasteiger partial charge >= 0.3 is 0 Å². The van der Waals surface area contributed by atoms with E-state index in [0.717, 1.165) is 11.1 Å². The van der Waals surface area contributed by atoms with Gasteiger partial charge in [0.1, 0.15) is 6.61 Å². The zero-order chi connectivity index (χ0) is 15.4. The summed E-state index contributed by atoms with van der Waals surface area (Å²) in [4.78, 5) is 0. The molecule has 0 radical (unpaired) electrons. The molecule has 0 aliphatic heterocycles. The number of aryl methyl sites for hydroxylation is 1. The number of aliphatic hydroxyl groups is 1. The number of hydrogen-bond acceptors (Lipinski definition) is 3. The molecule has 0 bridgehead atoms. The van der Waals surface area contributed by atoms with Gasteiger partial charge in [-0.2, -0.15) is 5.26 Å². The van der Waals surface area contributed by atoms with Crippen molar-refractivity contribution in [1.29, 1.82) is 5.26 Å². The van der Waals surface area contributed by atoms with Crippen LogP contribution in [-0.2, 0) is 6.61 Å². The normalized spacial score (nSPS) is 11.8. The van der Waals surface area contributed by atoms with Crippen molar-refractivity contribution in [2.75, 3.05) is 0 Å². The van der Waals surface area contributed by atoms with Gasteiger partial charge in [-0.15, -0.1) is 0 Å². The molecule has 0 spiro atoms. The molecule has 0 aliphatic carbocycles. The summed E-state index contributed by atoms with van der Waals surface area (Å²) in [6, 6.07) is 11.8. The summed E-state index contributed by atoms with van der Waals surface area (Å²) in [5.74, 6) is -0.358. The topological polar surface area (TPSA) is 53.2 Å². The molecule has 0 heterocycles. The predicted octanol–water partition coefficient (Wildman–Crippen LogP) is 3.64. The van der Waals surface area contributed by atoms with Crippen molar-refractivity contribution in [2.24, 2.45) is 0 Å². The Balaban J connectivity index is 2.12. The molecule has 0 aliphatic rings. The summed E-state index contributed by atoms with van der Waals surface area (Å²) in [6.07, 6.45) is -0.714. The van der Waals surface area contributed by atoms with Gasteiger partial charge in [-0.1, -0.05) is 12.1 Å². The van der Waals surface area contributed by atoms with E-state index in [1.807, 2.05) is 6.92 Å². The second kappa shape index (κ2) is 6.38. The number of ether oxygens (including phenoxy) is 1. The van der Waals surface area contributed by atoms with Crippen LogP contribution in [0.1, 0.15) is 35.3 Å². The summed E-state index contributed by atoms with van der Waals surface area (Å²) in [7, 11) is 0. The van der Waals surface area contributed by atoms with Crippen LogP contribution in [0.25, 0.3) is 0 Å². The van der Waals surface area contributed by atoms with E-state index in [0.29, 0.717) is 11.1 Å². The quantitative estimate of drug-likeness (QED) is 0.933. The van der Waals surface area contributed by atoms with Gasteiger partial charge in [0, 0.05) is 0 Å². The van der Waals surface area contributed by atoms with Crippen LogP contribution in [0.5, 0.6) is 5.75 Å². The van der Waals surface area contributed by atoms with E-state index >= 15 is 0 Å². The summed E-state index contributed by atoms with van der Waals surface area (Å²) >= 11 is 0. The molecule has 0 aromatic heterocycles. The summed E-state index contributed by atoms with van der Waals surface area (Å²) in [5, 5.41) is 18.2. The van der Waals surface area contributed by atoms with Crippen LogP contribution in [0.15, 0.2) is 36.4 Å². The first-order chi connectivity index (χ1) is 10.0. The molecule has 1 unspecified atom stereocenters. The first-order valence-electron chi connectivity index (χ1n) is 6.61. The number of nitrogens with zero attached hydrogens (tertiary/aromatic N) is 1. The molecule has 0 fully saturated rings. The SMILES string of the molecule is Cc1cc(C#N)ccc1COc1ccc(C(C)O)cc1F. The smallest absolute Gasteiger partial charge is 0.165 e. The summed E-state index contributed by atoms with van der Waals surface area (Å²) in [5.41, 5.74) is 2.92. The van der Waals surface area contributed by atoms with Crippen molar-refractivity contribution >= 4 is 0 Å². The fraction of sp³-hybridized carbons (Fsp3) is 0.235. The Bertz CT molecular complexity index is 690. The molecule has 0 amide bonds. The second-order valence-corrected chi connectivity index (χ2v) is 4.91. The average Bonchev–Trinajstić information content (AvgIpc) is 2.46. The molecular formula is C17H16FNO2. The van der Waals surface area contributed by atoms with Crippen molar-refractivity contribution < 1.29 is 14.2 Å². The lowest BCUT2D eigenvalue weighted by Gasteiger charge is -2.11. The molecule has 2 aromatic carbocycles. The molecule has 0 saturated heterocycles. The van der Waals surface area contributed by atoms with Gasteiger partial charge in [0.2, 0.25) is 0 Å². The summed E-state index contributed by atoms with van der Waals surface area (Å²) < 4.78 is 19.3. The van der Waals surface area contributed by atoms with Crippen molar-refractivity contribution in [3.8, 4) is 11.8 Å². The molecule has 21 heavy (non-hydrogen) atoms. The zero-order valence-corrected chi connectivity index (χ0v) is 11.9. The van der Waals surface area contributed by atoms with E-state index in [-0.39, 0.29) is 12.4 Å². The Morgan fingerprint density at radius 1 is 1.29 bits per heavy atom. The molecular weight excluding hydrogens is 269 g/mol. The Kier molecular flexibility index (Phi) is 4.56. The highest BCUT2D eigenvalue weighted by Crippen LogP contribution is 2.23. The highest BCUT2D eigenvalue weighted by Gasteiger charge is 2.09. The molecule has 3 nitrogen and oxygen atoms in total. The lowest BCUT2D eigenvalue weighted by Crippen LogP contribution is -2.01. The number of halogens is 1. The van der Waals surface area contributed by atoms with E-state index in [2.05, 4.69) is 6.07 Å². The first kappa shape index (κ1) is 15.0. The molecule has 2 aromatic rings. The minimum atomic E-state index is -0.714. The van der Waals surface area contributed by atoms with Crippen molar-refractivity contribution in [3.05, 3.63) is 64.5 Å². The largest absolute Gasteiger partial charge is 0.486 e. The minimum Gasteiger partial charge on any atom is -0.486 e. The van der Waals surface area contributed by atoms with E-state index in [4.69, 9.17) is 10.00 Å². The van der Waals surface area contributed by atoms with Gasteiger partial charge in [-0.05, 0) is 54.8 Å². The van der Waals surface area contributed by atoms with Crippen LogP contribution >= 0.6 is 0 Å². The standard InChI is InChI=1S/C17H16FNO2/c1-11-7-13(9-19)3-4-15(11)10-21-17-6-5-14(12(2)20)8-16(17)18/h3-8,12,20H,10H2,1-2H3. The van der Waals surface area contributed by atoms with Crippen LogP contribution in [0.4, 0.5) is 4.39 Å². The maximum Gasteiger partial charge on any atom is 0.165 e. The molecule has 0 saturated carbocycles. The van der Waals surface area contributed by atoms with Crippen LogP contribution in [0.2, 0.25) is 0 Å². The highest BCUT2D eigenvalue weighted by atomic mass is 19.1. The van der Waals surface area contributed by atoms with Crippen LogP contribution in [0.3, 0.4) is 0 Å². The third-order valence-corrected chi connectivity index (χ3v) is 3.29. The van der Waals surface area contributed by atoms with Gasteiger partial charge in [-0.25, -0.2) is 4.39 Å². The van der Waals surface area contributed by atoms with Gasteiger partial charge in [0.25, 0.3) is 0 Å². The lowest BCUT2D eigenvalue weighted by atomic mass is 10.1. The highest BCUT2D eigenvalue weighted by molar-refractivity contribution is 5.37. The van der Waals surface area contributed by atoms with Gasteiger partial charge in [0.15, 0.2) is 11.6 Å². The van der Waals surface area contributed by atoms with Crippen LogP contribution in [0, 0.1) is 24.1 Å². The zero-order valence-electron chi connectivity index (χ0n) is 11.9. The van der Waals surface area contributed by atoms with E-state index in [1.54, 1.807) is 31.2 Å². The Hall–Kier alpha value is -2.38. The summed E-state index contributed by atoms with van der Waals surface area (Å²) in [6.45, 7) is 3.68. The molecule has 1 N–H and O–H groups in total. The van der Waals surface area contributed by atoms with Gasteiger partial charge in [-0.3, -0.25) is 0 Å². The van der Waals surface area contributed by atoms with E-state index < -0.39 is 11.9 Å². The number of hydrogen-bond donors (Lipinski definition) is 1. The number of nitriles is 1. The predicted molar refractivity (Wildman–Crippen MR) is 77.3 cm³/mol. The maximum atomic E-state index is 13.9. The third kappa shape index (κ3) is 3.59. The number of benzene rings is 2. The molecule has 4 heteroatoms. The average molecular weight is 285 g/mol. The van der Waals surface area contributed by atoms with Gasteiger partial charge < -0.3 is 9.84 Å². The van der Waals surface area contributed by atoms with Crippen LogP contribution in [-0.4, -0.2) is 5.11 Å². The lowest BCUT2D eigenvalue weighted by molar-refractivity contribution is 0.198.